The number of carbonyl (C=O) groups is 1. The summed E-state index contributed by atoms with van der Waals surface area (Å²) in [5.41, 5.74) is 2.01. The molecular formula is C11H11ClO2. The first-order chi connectivity index (χ1) is 6.70. The Labute approximate surface area is 87.8 Å². The van der Waals surface area contributed by atoms with E-state index >= 15 is 0 Å². The molecule has 0 spiro atoms. The van der Waals surface area contributed by atoms with Crippen molar-refractivity contribution >= 4 is 17.9 Å². The van der Waals surface area contributed by atoms with Crippen molar-refractivity contribution in [2.24, 2.45) is 0 Å². The summed E-state index contributed by atoms with van der Waals surface area (Å²) in [6.45, 7) is 2.01. The maximum Gasteiger partial charge on any atom is 0.126 e. The zero-order valence-electron chi connectivity index (χ0n) is 7.92. The van der Waals surface area contributed by atoms with Crippen LogP contribution in [0.25, 0.3) is 0 Å². The van der Waals surface area contributed by atoms with Crippen molar-refractivity contribution in [3.8, 4) is 5.75 Å². The van der Waals surface area contributed by atoms with Crippen molar-refractivity contribution in [1.29, 1.82) is 0 Å². The topological polar surface area (TPSA) is 26.3 Å². The van der Waals surface area contributed by atoms with Crippen molar-refractivity contribution in [3.05, 3.63) is 28.3 Å². The van der Waals surface area contributed by atoms with Gasteiger partial charge >= 0.3 is 0 Å². The molecule has 1 unspecified atom stereocenters. The van der Waals surface area contributed by atoms with E-state index in [1.807, 2.05) is 13.0 Å². The summed E-state index contributed by atoms with van der Waals surface area (Å²) in [5, 5.41) is 0.679. The number of ether oxygens (including phenoxy) is 1. The Morgan fingerprint density at radius 1 is 1.64 bits per heavy atom. The van der Waals surface area contributed by atoms with Crippen LogP contribution in [-0.2, 0) is 17.6 Å². The summed E-state index contributed by atoms with van der Waals surface area (Å²) >= 11 is 5.94. The Balaban J connectivity index is 2.46. The van der Waals surface area contributed by atoms with E-state index in [1.165, 1.54) is 0 Å². The van der Waals surface area contributed by atoms with Gasteiger partial charge in [0, 0.05) is 23.4 Å². The van der Waals surface area contributed by atoms with Crippen LogP contribution < -0.4 is 4.74 Å². The van der Waals surface area contributed by atoms with Gasteiger partial charge in [-0.3, -0.25) is 0 Å². The number of aldehydes is 1. The molecular weight excluding hydrogens is 200 g/mol. The van der Waals surface area contributed by atoms with E-state index < -0.39 is 0 Å². The molecule has 0 saturated heterocycles. The fourth-order valence-electron chi connectivity index (χ4n) is 1.81. The van der Waals surface area contributed by atoms with E-state index in [2.05, 4.69) is 0 Å². The molecule has 1 heterocycles. The third-order valence-corrected chi connectivity index (χ3v) is 2.56. The minimum atomic E-state index is 0.189. The molecule has 2 rings (SSSR count). The maximum atomic E-state index is 10.5. The number of fused-ring (bicyclic) bond motifs is 1. The Bertz CT molecular complexity index is 374. The van der Waals surface area contributed by atoms with Crippen LogP contribution in [-0.4, -0.2) is 12.4 Å². The smallest absolute Gasteiger partial charge is 0.126 e. The molecule has 0 amide bonds. The second-order valence-corrected chi connectivity index (χ2v) is 3.99. The molecule has 0 saturated carbocycles. The zero-order valence-corrected chi connectivity index (χ0v) is 8.67. The van der Waals surface area contributed by atoms with Gasteiger partial charge in [-0.2, -0.15) is 0 Å². The van der Waals surface area contributed by atoms with E-state index in [0.29, 0.717) is 11.4 Å². The highest BCUT2D eigenvalue weighted by atomic mass is 35.5. The monoisotopic (exact) mass is 210 g/mol. The molecule has 0 N–H and O–H groups in total. The molecule has 3 heteroatoms. The second kappa shape index (κ2) is 3.62. The van der Waals surface area contributed by atoms with E-state index in [9.17, 15) is 4.79 Å². The summed E-state index contributed by atoms with van der Waals surface area (Å²) in [7, 11) is 0. The van der Waals surface area contributed by atoms with Crippen LogP contribution in [0.1, 0.15) is 18.1 Å². The lowest BCUT2D eigenvalue weighted by Crippen LogP contribution is -2.06. The molecule has 1 aromatic rings. The quantitative estimate of drug-likeness (QED) is 0.701. The summed E-state index contributed by atoms with van der Waals surface area (Å²) in [6, 6.07) is 3.71. The highest BCUT2D eigenvalue weighted by Crippen LogP contribution is 2.35. The molecule has 0 aliphatic carbocycles. The average molecular weight is 211 g/mol. The molecule has 0 bridgehead atoms. The Morgan fingerprint density at radius 2 is 2.43 bits per heavy atom. The average Bonchev–Trinajstić information content (AvgIpc) is 2.45. The minimum absolute atomic E-state index is 0.189. The molecule has 1 aromatic carbocycles. The van der Waals surface area contributed by atoms with E-state index in [-0.39, 0.29) is 6.10 Å². The van der Waals surface area contributed by atoms with Crippen molar-refractivity contribution in [2.45, 2.75) is 25.9 Å². The highest BCUT2D eigenvalue weighted by Gasteiger charge is 2.22. The van der Waals surface area contributed by atoms with Gasteiger partial charge in [-0.25, -0.2) is 0 Å². The van der Waals surface area contributed by atoms with Crippen LogP contribution in [0, 0.1) is 0 Å². The number of halogens is 1. The molecule has 1 aliphatic rings. The van der Waals surface area contributed by atoms with Gasteiger partial charge in [-0.1, -0.05) is 11.6 Å². The summed E-state index contributed by atoms with van der Waals surface area (Å²) in [5.74, 6) is 0.856. The largest absolute Gasteiger partial charge is 0.490 e. The third kappa shape index (κ3) is 1.62. The highest BCUT2D eigenvalue weighted by molar-refractivity contribution is 6.30. The van der Waals surface area contributed by atoms with Crippen LogP contribution in [0.15, 0.2) is 12.1 Å². The predicted octanol–water partition coefficient (Wildman–Crippen LogP) is 2.40. The van der Waals surface area contributed by atoms with Gasteiger partial charge < -0.3 is 9.53 Å². The molecule has 0 aromatic heterocycles. The standard InChI is InChI=1S/C11H11ClO2/c1-7-4-9-6-10(12)5-8(2-3-13)11(9)14-7/h3,5-7H,2,4H2,1H3. The number of rotatable bonds is 2. The van der Waals surface area contributed by atoms with Crippen molar-refractivity contribution in [3.63, 3.8) is 0 Å². The number of carbonyl (C=O) groups excluding carboxylic acids is 1. The van der Waals surface area contributed by atoms with Gasteiger partial charge in [0.05, 0.1) is 0 Å². The first-order valence-electron chi connectivity index (χ1n) is 4.62. The number of benzene rings is 1. The first kappa shape index (κ1) is 9.53. The molecule has 1 aliphatic heterocycles. The Hall–Kier alpha value is -1.02. The molecule has 14 heavy (non-hydrogen) atoms. The van der Waals surface area contributed by atoms with E-state index in [0.717, 1.165) is 29.6 Å². The zero-order chi connectivity index (χ0) is 10.1. The Kier molecular flexibility index (Phi) is 2.46. The van der Waals surface area contributed by atoms with Crippen molar-refractivity contribution in [1.82, 2.24) is 0 Å². The lowest BCUT2D eigenvalue weighted by Gasteiger charge is -2.07. The second-order valence-electron chi connectivity index (χ2n) is 3.56. The van der Waals surface area contributed by atoms with Gasteiger partial charge in [-0.05, 0) is 24.6 Å². The fourth-order valence-corrected chi connectivity index (χ4v) is 2.07. The normalized spacial score (nSPS) is 18.9. The van der Waals surface area contributed by atoms with Crippen LogP contribution >= 0.6 is 11.6 Å². The fraction of sp³-hybridized carbons (Fsp3) is 0.364. The summed E-state index contributed by atoms with van der Waals surface area (Å²) in [4.78, 5) is 10.5. The molecule has 0 radical (unpaired) electrons. The summed E-state index contributed by atoms with van der Waals surface area (Å²) < 4.78 is 5.63. The van der Waals surface area contributed by atoms with Crippen LogP contribution in [0.3, 0.4) is 0 Å². The van der Waals surface area contributed by atoms with Gasteiger partial charge in [0.1, 0.15) is 18.1 Å². The van der Waals surface area contributed by atoms with Gasteiger partial charge in [0.25, 0.3) is 0 Å². The van der Waals surface area contributed by atoms with E-state index in [4.69, 9.17) is 16.3 Å². The minimum Gasteiger partial charge on any atom is -0.490 e. The number of hydrogen-bond acceptors (Lipinski definition) is 2. The van der Waals surface area contributed by atoms with Crippen LogP contribution in [0.2, 0.25) is 5.02 Å². The Morgan fingerprint density at radius 3 is 3.14 bits per heavy atom. The van der Waals surface area contributed by atoms with Crippen LogP contribution in [0.4, 0.5) is 0 Å². The van der Waals surface area contributed by atoms with Crippen LogP contribution in [0.5, 0.6) is 5.75 Å². The van der Waals surface area contributed by atoms with Crippen molar-refractivity contribution < 1.29 is 9.53 Å². The molecule has 0 fully saturated rings. The molecule has 2 nitrogen and oxygen atoms in total. The first-order valence-corrected chi connectivity index (χ1v) is 5.00. The maximum absolute atomic E-state index is 10.5. The lowest BCUT2D eigenvalue weighted by molar-refractivity contribution is -0.107. The summed E-state index contributed by atoms with van der Waals surface area (Å²) in [6.07, 6.45) is 2.31. The SMILES string of the molecule is CC1Cc2cc(Cl)cc(CC=O)c2O1. The van der Waals surface area contributed by atoms with E-state index in [1.54, 1.807) is 6.07 Å². The molecule has 74 valence electrons. The van der Waals surface area contributed by atoms with Crippen molar-refractivity contribution in [2.75, 3.05) is 0 Å². The van der Waals surface area contributed by atoms with Gasteiger partial charge in [0.2, 0.25) is 0 Å². The van der Waals surface area contributed by atoms with Gasteiger partial charge in [-0.15, -0.1) is 0 Å². The number of hydrogen-bond donors (Lipinski definition) is 0. The lowest BCUT2D eigenvalue weighted by atomic mass is 10.1. The third-order valence-electron chi connectivity index (χ3n) is 2.34. The molecule has 1 atom stereocenters. The van der Waals surface area contributed by atoms with Gasteiger partial charge in [0.15, 0.2) is 0 Å². The predicted molar refractivity (Wildman–Crippen MR) is 55.0 cm³/mol.